The minimum Gasteiger partial charge on any atom is -0.507 e. The van der Waals surface area contributed by atoms with Crippen LogP contribution in [0.4, 0.5) is 0 Å². The highest BCUT2D eigenvalue weighted by molar-refractivity contribution is 7.87. The predicted molar refractivity (Wildman–Crippen MR) is 141 cm³/mol. The summed E-state index contributed by atoms with van der Waals surface area (Å²) in [6.45, 7) is 0.448. The van der Waals surface area contributed by atoms with Crippen LogP contribution in [-0.2, 0) is 22.2 Å². The molecule has 1 amide bonds. The van der Waals surface area contributed by atoms with E-state index in [1.807, 2.05) is 36.4 Å². The summed E-state index contributed by atoms with van der Waals surface area (Å²) in [6.07, 6.45) is 4.17. The van der Waals surface area contributed by atoms with E-state index in [0.717, 1.165) is 5.56 Å². The first-order chi connectivity index (χ1) is 17.8. The second kappa shape index (κ2) is 11.7. The number of hydrogen-bond donors (Lipinski definition) is 4. The standard InChI is InChI=1S/C27H32N4O5S/c1-36-24-12-7-11-23(32)25(24)26(33)29-19-27(20-8-3-2-4-9-20)15-13-21(14-16-27)31-37(34,35)30-18-22-10-5-6-17-28-22/h2-12,17,21,30-32H,13-16,18-19H2,1H3,(H,29,33)/t21-,27-. The van der Waals surface area contributed by atoms with E-state index in [-0.39, 0.29) is 29.3 Å². The van der Waals surface area contributed by atoms with Crippen LogP contribution in [0.3, 0.4) is 0 Å². The summed E-state index contributed by atoms with van der Waals surface area (Å²) >= 11 is 0. The number of methoxy groups -OCH3 is 1. The quantitative estimate of drug-likeness (QED) is 0.323. The molecule has 0 spiro atoms. The molecule has 1 fully saturated rings. The number of nitrogens with one attached hydrogen (secondary N) is 3. The Morgan fingerprint density at radius 2 is 1.78 bits per heavy atom. The first kappa shape index (κ1) is 26.6. The van der Waals surface area contributed by atoms with Crippen LogP contribution in [0.1, 0.15) is 47.3 Å². The smallest absolute Gasteiger partial charge is 0.277 e. The normalized spacial score (nSPS) is 19.8. The molecule has 0 atom stereocenters. The number of amides is 1. The highest BCUT2D eigenvalue weighted by atomic mass is 32.2. The van der Waals surface area contributed by atoms with E-state index >= 15 is 0 Å². The fraction of sp³-hybridized carbons (Fsp3) is 0.333. The number of pyridine rings is 1. The number of ether oxygens (including phenoxy) is 1. The molecular formula is C27H32N4O5S. The Kier molecular flexibility index (Phi) is 8.42. The van der Waals surface area contributed by atoms with Gasteiger partial charge in [-0.1, -0.05) is 42.5 Å². The average molecular weight is 525 g/mol. The zero-order valence-electron chi connectivity index (χ0n) is 20.7. The number of hydrogen-bond acceptors (Lipinski definition) is 6. The minimum atomic E-state index is -3.71. The third-order valence-electron chi connectivity index (χ3n) is 6.86. The molecular weight excluding hydrogens is 492 g/mol. The van der Waals surface area contributed by atoms with Crippen molar-refractivity contribution in [1.29, 1.82) is 0 Å². The van der Waals surface area contributed by atoms with Gasteiger partial charge in [-0.25, -0.2) is 0 Å². The molecule has 1 aromatic heterocycles. The molecule has 9 nitrogen and oxygen atoms in total. The molecule has 4 N–H and O–H groups in total. The maximum Gasteiger partial charge on any atom is 0.277 e. The van der Waals surface area contributed by atoms with E-state index in [1.165, 1.54) is 13.2 Å². The molecule has 1 aliphatic carbocycles. The third-order valence-corrected chi connectivity index (χ3v) is 8.03. The van der Waals surface area contributed by atoms with Crippen LogP contribution in [-0.4, -0.2) is 44.1 Å². The van der Waals surface area contributed by atoms with Gasteiger partial charge in [0.25, 0.3) is 16.1 Å². The van der Waals surface area contributed by atoms with Crippen molar-refractivity contribution in [2.24, 2.45) is 0 Å². The van der Waals surface area contributed by atoms with E-state index in [4.69, 9.17) is 4.74 Å². The van der Waals surface area contributed by atoms with Crippen molar-refractivity contribution in [2.75, 3.05) is 13.7 Å². The van der Waals surface area contributed by atoms with Crippen molar-refractivity contribution in [2.45, 2.75) is 43.7 Å². The maximum absolute atomic E-state index is 13.0. The van der Waals surface area contributed by atoms with E-state index in [9.17, 15) is 18.3 Å². The summed E-state index contributed by atoms with van der Waals surface area (Å²) in [6, 6.07) is 19.7. The fourth-order valence-electron chi connectivity index (χ4n) is 4.84. The molecule has 1 saturated carbocycles. The summed E-state index contributed by atoms with van der Waals surface area (Å²) in [7, 11) is -2.26. The van der Waals surface area contributed by atoms with Gasteiger partial charge in [0.2, 0.25) is 0 Å². The SMILES string of the molecule is COc1cccc(O)c1C(=O)NC[C@]1(c2ccccc2)CC[C@H](NS(=O)(=O)NCc2ccccn2)CC1. The van der Waals surface area contributed by atoms with Crippen LogP contribution in [0.15, 0.2) is 72.9 Å². The van der Waals surface area contributed by atoms with Crippen LogP contribution in [0, 0.1) is 0 Å². The maximum atomic E-state index is 13.0. The Hall–Kier alpha value is -3.47. The number of phenolic OH excluding ortho intramolecular Hbond substituents is 1. The molecule has 1 heterocycles. The summed E-state index contributed by atoms with van der Waals surface area (Å²) < 4.78 is 35.8. The Morgan fingerprint density at radius 3 is 2.46 bits per heavy atom. The highest BCUT2D eigenvalue weighted by Crippen LogP contribution is 2.39. The van der Waals surface area contributed by atoms with Crippen LogP contribution in [0.25, 0.3) is 0 Å². The minimum absolute atomic E-state index is 0.0913. The highest BCUT2D eigenvalue weighted by Gasteiger charge is 2.38. The summed E-state index contributed by atoms with van der Waals surface area (Å²) in [5, 5.41) is 13.2. The van der Waals surface area contributed by atoms with Gasteiger partial charge in [-0.05, 0) is 55.5 Å². The lowest BCUT2D eigenvalue weighted by Crippen LogP contribution is -2.49. The van der Waals surface area contributed by atoms with Crippen molar-refractivity contribution in [3.8, 4) is 11.5 Å². The third kappa shape index (κ3) is 6.65. The Labute approximate surface area is 217 Å². The van der Waals surface area contributed by atoms with Gasteiger partial charge in [0.05, 0.1) is 19.3 Å². The largest absolute Gasteiger partial charge is 0.507 e. The van der Waals surface area contributed by atoms with Crippen LogP contribution >= 0.6 is 0 Å². The zero-order chi connectivity index (χ0) is 26.3. The van der Waals surface area contributed by atoms with Gasteiger partial charge >= 0.3 is 0 Å². The van der Waals surface area contributed by atoms with Crippen molar-refractivity contribution in [1.82, 2.24) is 19.7 Å². The van der Waals surface area contributed by atoms with Gasteiger partial charge in [0.15, 0.2) is 0 Å². The molecule has 0 bridgehead atoms. The Morgan fingerprint density at radius 1 is 1.05 bits per heavy atom. The Bertz CT molecular complexity index is 1290. The van der Waals surface area contributed by atoms with Crippen molar-refractivity contribution in [3.05, 3.63) is 89.7 Å². The first-order valence-corrected chi connectivity index (χ1v) is 13.7. The molecule has 0 aliphatic heterocycles. The van der Waals surface area contributed by atoms with Gasteiger partial charge in [0.1, 0.15) is 17.1 Å². The average Bonchev–Trinajstić information content (AvgIpc) is 2.92. The van der Waals surface area contributed by atoms with Crippen molar-refractivity contribution < 1.29 is 23.1 Å². The molecule has 4 rings (SSSR count). The van der Waals surface area contributed by atoms with Crippen LogP contribution in [0.5, 0.6) is 11.5 Å². The van der Waals surface area contributed by atoms with Gasteiger partial charge in [0, 0.05) is 24.2 Å². The van der Waals surface area contributed by atoms with E-state index in [0.29, 0.717) is 43.7 Å². The molecule has 0 radical (unpaired) electrons. The summed E-state index contributed by atoms with van der Waals surface area (Å²) in [5.41, 5.74) is 1.43. The lowest BCUT2D eigenvalue weighted by molar-refractivity contribution is 0.0929. The number of rotatable bonds is 10. The summed E-state index contributed by atoms with van der Waals surface area (Å²) in [4.78, 5) is 17.2. The van der Waals surface area contributed by atoms with Crippen molar-refractivity contribution in [3.63, 3.8) is 0 Å². The zero-order valence-corrected chi connectivity index (χ0v) is 21.5. The second-order valence-electron chi connectivity index (χ2n) is 9.22. The lowest BCUT2D eigenvalue weighted by Gasteiger charge is -2.41. The van der Waals surface area contributed by atoms with E-state index in [2.05, 4.69) is 19.7 Å². The molecule has 3 aromatic rings. The monoisotopic (exact) mass is 524 g/mol. The van der Waals surface area contributed by atoms with Crippen LogP contribution in [0.2, 0.25) is 0 Å². The lowest BCUT2D eigenvalue weighted by atomic mass is 9.68. The molecule has 37 heavy (non-hydrogen) atoms. The van der Waals surface area contributed by atoms with Crippen LogP contribution < -0.4 is 19.5 Å². The molecule has 10 heteroatoms. The number of phenols is 1. The van der Waals surface area contributed by atoms with Gasteiger partial charge < -0.3 is 15.2 Å². The van der Waals surface area contributed by atoms with Gasteiger partial charge in [-0.15, -0.1) is 0 Å². The number of carbonyl (C=O) groups is 1. The number of aromatic nitrogens is 1. The topological polar surface area (TPSA) is 130 Å². The summed E-state index contributed by atoms with van der Waals surface area (Å²) in [5.74, 6) is -0.281. The number of aromatic hydroxyl groups is 1. The first-order valence-electron chi connectivity index (χ1n) is 12.2. The Balaban J connectivity index is 1.43. The number of benzene rings is 2. The molecule has 196 valence electrons. The van der Waals surface area contributed by atoms with Gasteiger partial charge in [-0.2, -0.15) is 17.9 Å². The second-order valence-corrected chi connectivity index (χ2v) is 10.8. The van der Waals surface area contributed by atoms with E-state index in [1.54, 1.807) is 30.5 Å². The number of carbonyl (C=O) groups excluding carboxylic acids is 1. The van der Waals surface area contributed by atoms with E-state index < -0.39 is 16.1 Å². The molecule has 0 unspecified atom stereocenters. The number of nitrogens with zero attached hydrogens (tertiary/aromatic N) is 1. The van der Waals surface area contributed by atoms with Gasteiger partial charge in [-0.3, -0.25) is 9.78 Å². The predicted octanol–water partition coefficient (Wildman–Crippen LogP) is 3.03. The molecule has 2 aromatic carbocycles. The molecule has 1 aliphatic rings. The van der Waals surface area contributed by atoms with Crippen molar-refractivity contribution >= 4 is 16.1 Å². The fourth-order valence-corrected chi connectivity index (χ4v) is 5.93. The molecule has 0 saturated heterocycles.